The third kappa shape index (κ3) is 1.75. The molecule has 1 aliphatic rings. The molecule has 0 unspecified atom stereocenters. The van der Waals surface area contributed by atoms with Crippen LogP contribution in [0.3, 0.4) is 0 Å². The highest BCUT2D eigenvalue weighted by Crippen LogP contribution is 2.12. The van der Waals surface area contributed by atoms with Gasteiger partial charge in [0.25, 0.3) is 0 Å². The van der Waals surface area contributed by atoms with Gasteiger partial charge in [-0.15, -0.1) is 0 Å². The molecule has 0 aromatic heterocycles. The zero-order valence-electron chi connectivity index (χ0n) is 7.70. The summed E-state index contributed by atoms with van der Waals surface area (Å²) in [7, 11) is 2.01. The van der Waals surface area contributed by atoms with Gasteiger partial charge in [-0.3, -0.25) is 4.90 Å². The Hall–Kier alpha value is -1.62. The third-order valence-electron chi connectivity index (χ3n) is 2.10. The topological polar surface area (TPSA) is 6.48 Å². The van der Waals surface area contributed by atoms with E-state index in [4.69, 9.17) is 0 Å². The summed E-state index contributed by atoms with van der Waals surface area (Å²) in [4.78, 5) is 4.10. The van der Waals surface area contributed by atoms with E-state index >= 15 is 0 Å². The van der Waals surface area contributed by atoms with Gasteiger partial charge in [-0.1, -0.05) is 18.2 Å². The highest BCUT2D eigenvalue weighted by molar-refractivity contribution is 5.51. The van der Waals surface area contributed by atoms with Gasteiger partial charge in [-0.25, -0.2) is 0 Å². The summed E-state index contributed by atoms with van der Waals surface area (Å²) in [5.74, 6) is 0. The number of hydrogen-bond donors (Lipinski definition) is 0. The maximum atomic E-state index is 3.09. The highest BCUT2D eigenvalue weighted by Gasteiger charge is 2.07. The number of rotatable bonds is 1. The van der Waals surface area contributed by atoms with Crippen molar-refractivity contribution in [2.45, 2.75) is 0 Å². The fourth-order valence-corrected chi connectivity index (χ4v) is 1.31. The SMILES string of the molecule is CN1C#CN(c2ccccc2)CC1. The van der Waals surface area contributed by atoms with E-state index in [-0.39, 0.29) is 0 Å². The average Bonchev–Trinajstić information content (AvgIpc) is 2.20. The Labute approximate surface area is 78.8 Å². The molecule has 1 aliphatic heterocycles. The van der Waals surface area contributed by atoms with Crippen molar-refractivity contribution in [1.29, 1.82) is 0 Å². The van der Waals surface area contributed by atoms with Crippen molar-refractivity contribution in [2.75, 3.05) is 25.0 Å². The summed E-state index contributed by atoms with van der Waals surface area (Å²) >= 11 is 0. The zero-order chi connectivity index (χ0) is 9.10. The number of benzene rings is 1. The molecule has 2 nitrogen and oxygen atoms in total. The number of anilines is 1. The van der Waals surface area contributed by atoms with Crippen LogP contribution in [0.25, 0.3) is 0 Å². The van der Waals surface area contributed by atoms with Gasteiger partial charge in [0.1, 0.15) is 0 Å². The Morgan fingerprint density at radius 2 is 1.85 bits per heavy atom. The fourth-order valence-electron chi connectivity index (χ4n) is 1.31. The number of likely N-dealkylation sites (N-methyl/N-ethyl adjacent to an activating group) is 1. The van der Waals surface area contributed by atoms with Gasteiger partial charge in [0.05, 0.1) is 0 Å². The van der Waals surface area contributed by atoms with E-state index in [0.29, 0.717) is 0 Å². The molecule has 0 atom stereocenters. The lowest BCUT2D eigenvalue weighted by Crippen LogP contribution is -2.32. The van der Waals surface area contributed by atoms with E-state index in [0.717, 1.165) is 13.1 Å². The van der Waals surface area contributed by atoms with Crippen LogP contribution in [0.2, 0.25) is 0 Å². The lowest BCUT2D eigenvalue weighted by atomic mass is 10.3. The minimum absolute atomic E-state index is 0.980. The summed E-state index contributed by atoms with van der Waals surface area (Å²) in [6, 6.07) is 16.4. The fraction of sp³-hybridized carbons (Fsp3) is 0.273. The molecule has 0 spiro atoms. The van der Waals surface area contributed by atoms with Gasteiger partial charge in [0, 0.05) is 37.9 Å². The van der Waals surface area contributed by atoms with Gasteiger partial charge < -0.3 is 4.90 Å². The lowest BCUT2D eigenvalue weighted by Gasteiger charge is -2.24. The minimum atomic E-state index is 0.980. The second-order valence-corrected chi connectivity index (χ2v) is 3.13. The quantitative estimate of drug-likeness (QED) is 0.590. The van der Waals surface area contributed by atoms with Crippen LogP contribution in [0.15, 0.2) is 30.3 Å². The first-order chi connectivity index (χ1) is 6.36. The predicted octanol–water partition coefficient (Wildman–Crippen LogP) is 1.36. The summed E-state index contributed by atoms with van der Waals surface area (Å²) in [5, 5.41) is 0. The summed E-state index contributed by atoms with van der Waals surface area (Å²) in [6.07, 6.45) is 0. The first-order valence-electron chi connectivity index (χ1n) is 4.41. The molecule has 0 radical (unpaired) electrons. The molecule has 1 aromatic carbocycles. The number of hydrogen-bond acceptors (Lipinski definition) is 2. The van der Waals surface area contributed by atoms with Gasteiger partial charge in [0.2, 0.25) is 0 Å². The van der Waals surface area contributed by atoms with Crippen LogP contribution >= 0.6 is 0 Å². The van der Waals surface area contributed by atoms with Gasteiger partial charge >= 0.3 is 0 Å². The second kappa shape index (κ2) is 3.40. The first-order valence-corrected chi connectivity index (χ1v) is 4.41. The molecule has 2 rings (SSSR count). The molecule has 0 saturated carbocycles. The van der Waals surface area contributed by atoms with Gasteiger partial charge in [-0.2, -0.15) is 0 Å². The molecule has 1 aromatic rings. The Balaban J connectivity index is 2.20. The van der Waals surface area contributed by atoms with Gasteiger partial charge in [-0.05, 0) is 12.1 Å². The normalized spacial score (nSPS) is 15.2. The third-order valence-corrected chi connectivity index (χ3v) is 2.10. The Bertz CT molecular complexity index is 334. The molecule has 2 heteroatoms. The van der Waals surface area contributed by atoms with Crippen LogP contribution in [0.5, 0.6) is 0 Å². The molecule has 0 saturated heterocycles. The highest BCUT2D eigenvalue weighted by atomic mass is 15.2. The maximum Gasteiger partial charge on any atom is 0.0499 e. The minimum Gasteiger partial charge on any atom is -0.332 e. The largest absolute Gasteiger partial charge is 0.332 e. The summed E-state index contributed by atoms with van der Waals surface area (Å²) in [6.45, 7) is 1.98. The van der Waals surface area contributed by atoms with E-state index in [9.17, 15) is 0 Å². The monoisotopic (exact) mass is 172 g/mol. The molecule has 66 valence electrons. The van der Waals surface area contributed by atoms with Crippen LogP contribution < -0.4 is 4.90 Å². The Morgan fingerprint density at radius 1 is 1.08 bits per heavy atom. The van der Waals surface area contributed by atoms with Crippen LogP contribution in [0.1, 0.15) is 0 Å². The van der Waals surface area contributed by atoms with Crippen molar-refractivity contribution >= 4 is 5.69 Å². The first kappa shape index (κ1) is 8.00. The molecule has 1 heterocycles. The van der Waals surface area contributed by atoms with E-state index < -0.39 is 0 Å². The Kier molecular flexibility index (Phi) is 2.09. The average molecular weight is 172 g/mol. The van der Waals surface area contributed by atoms with Gasteiger partial charge in [0.15, 0.2) is 0 Å². The molecule has 13 heavy (non-hydrogen) atoms. The number of nitrogens with zero attached hydrogens (tertiary/aromatic N) is 2. The number of para-hydroxylation sites is 1. The smallest absolute Gasteiger partial charge is 0.0499 e. The van der Waals surface area contributed by atoms with Crippen molar-refractivity contribution in [2.24, 2.45) is 0 Å². The van der Waals surface area contributed by atoms with Crippen LogP contribution in [-0.4, -0.2) is 25.0 Å². The molecular formula is C11H12N2. The Morgan fingerprint density at radius 3 is 2.46 bits per heavy atom. The van der Waals surface area contributed by atoms with E-state index in [1.807, 2.05) is 30.1 Å². The van der Waals surface area contributed by atoms with E-state index in [1.165, 1.54) is 5.69 Å². The molecule has 0 fully saturated rings. The molecule has 0 amide bonds. The second-order valence-electron chi connectivity index (χ2n) is 3.13. The zero-order valence-corrected chi connectivity index (χ0v) is 7.70. The maximum absolute atomic E-state index is 3.09. The van der Waals surface area contributed by atoms with Crippen LogP contribution in [0.4, 0.5) is 5.69 Å². The van der Waals surface area contributed by atoms with Crippen molar-refractivity contribution in [3.05, 3.63) is 30.3 Å². The molecular weight excluding hydrogens is 160 g/mol. The molecule has 0 bridgehead atoms. The van der Waals surface area contributed by atoms with Crippen molar-refractivity contribution < 1.29 is 0 Å². The van der Waals surface area contributed by atoms with E-state index in [1.54, 1.807) is 0 Å². The standard InChI is InChI=1S/C11H12N2/c1-12-7-9-13(10-8-12)11-5-3-2-4-6-11/h2-6H,7,9H2,1H3. The van der Waals surface area contributed by atoms with Crippen LogP contribution in [-0.2, 0) is 0 Å². The van der Waals surface area contributed by atoms with E-state index in [2.05, 4.69) is 29.1 Å². The predicted molar refractivity (Wildman–Crippen MR) is 54.2 cm³/mol. The van der Waals surface area contributed by atoms with Crippen LogP contribution in [0, 0.1) is 12.1 Å². The van der Waals surface area contributed by atoms with Crippen molar-refractivity contribution in [1.82, 2.24) is 4.90 Å². The summed E-state index contributed by atoms with van der Waals surface area (Å²) in [5.41, 5.74) is 1.18. The van der Waals surface area contributed by atoms with Crippen molar-refractivity contribution in [3.8, 4) is 12.1 Å². The summed E-state index contributed by atoms with van der Waals surface area (Å²) < 4.78 is 0. The van der Waals surface area contributed by atoms with Crippen molar-refractivity contribution in [3.63, 3.8) is 0 Å². The molecule has 0 aliphatic carbocycles. The molecule has 0 N–H and O–H groups in total. The lowest BCUT2D eigenvalue weighted by molar-refractivity contribution is 0.480.